The largest absolute Gasteiger partial charge is 0.378 e. The first kappa shape index (κ1) is 16.5. The molecule has 7 nitrogen and oxygen atoms in total. The van der Waals surface area contributed by atoms with Crippen LogP contribution in [0.5, 0.6) is 0 Å². The maximum atomic E-state index is 5.41. The fourth-order valence-corrected chi connectivity index (χ4v) is 2.84. The third-order valence-electron chi connectivity index (χ3n) is 4.36. The number of hydrogen-bond donors (Lipinski definition) is 1. The summed E-state index contributed by atoms with van der Waals surface area (Å²) in [5.74, 6) is 1.91. The predicted molar refractivity (Wildman–Crippen MR) is 99.7 cm³/mol. The van der Waals surface area contributed by atoms with Crippen LogP contribution in [-0.4, -0.2) is 41.4 Å². The van der Waals surface area contributed by atoms with E-state index in [4.69, 9.17) is 9.26 Å². The van der Waals surface area contributed by atoms with Crippen LogP contribution < -0.4 is 10.2 Å². The van der Waals surface area contributed by atoms with Crippen molar-refractivity contribution in [1.82, 2.24) is 15.1 Å². The molecule has 0 radical (unpaired) electrons. The fourth-order valence-electron chi connectivity index (χ4n) is 2.84. The van der Waals surface area contributed by atoms with Gasteiger partial charge in [-0.1, -0.05) is 36.3 Å². The Bertz CT molecular complexity index is 856. The molecule has 0 aliphatic carbocycles. The number of anilines is 3. The molecule has 0 spiro atoms. The smallest absolute Gasteiger partial charge is 0.230 e. The van der Waals surface area contributed by atoms with Gasteiger partial charge in [-0.3, -0.25) is 0 Å². The molecule has 0 unspecified atom stereocenters. The van der Waals surface area contributed by atoms with Gasteiger partial charge in [-0.25, -0.2) is 4.98 Å². The van der Waals surface area contributed by atoms with Crippen LogP contribution in [0.25, 0.3) is 11.3 Å². The van der Waals surface area contributed by atoms with Gasteiger partial charge in [-0.15, -0.1) is 0 Å². The number of morpholine rings is 1. The monoisotopic (exact) mass is 351 g/mol. The zero-order chi connectivity index (χ0) is 17.8. The Morgan fingerprint density at radius 1 is 1.12 bits per heavy atom. The number of ether oxygens (including phenoxy) is 1. The highest BCUT2D eigenvalue weighted by molar-refractivity contribution is 5.64. The van der Waals surface area contributed by atoms with Crippen molar-refractivity contribution in [2.75, 3.05) is 36.5 Å². The number of hydrogen-bond acceptors (Lipinski definition) is 7. The summed E-state index contributed by atoms with van der Waals surface area (Å²) in [5, 5.41) is 7.30. The summed E-state index contributed by atoms with van der Waals surface area (Å²) in [6.07, 6.45) is 2.76. The summed E-state index contributed by atoms with van der Waals surface area (Å²) < 4.78 is 10.8. The SMILES string of the molecule is CCc1ccc(-c2cc(Nc3ccnc(N4CCOCC4)n3)on2)cc1. The molecular weight excluding hydrogens is 330 g/mol. The van der Waals surface area contributed by atoms with E-state index in [2.05, 4.69) is 56.5 Å². The maximum Gasteiger partial charge on any atom is 0.230 e. The van der Waals surface area contributed by atoms with Gasteiger partial charge in [0.25, 0.3) is 0 Å². The molecule has 1 aliphatic heterocycles. The summed E-state index contributed by atoms with van der Waals surface area (Å²) in [4.78, 5) is 11.0. The van der Waals surface area contributed by atoms with Gasteiger partial charge in [0, 0.05) is 30.9 Å². The minimum atomic E-state index is 0.547. The second-order valence-corrected chi connectivity index (χ2v) is 6.09. The average Bonchev–Trinajstić information content (AvgIpc) is 3.17. The van der Waals surface area contributed by atoms with Gasteiger partial charge in [0.1, 0.15) is 11.5 Å². The van der Waals surface area contributed by atoms with E-state index < -0.39 is 0 Å². The molecule has 7 heteroatoms. The summed E-state index contributed by atoms with van der Waals surface area (Å²) in [6, 6.07) is 12.0. The van der Waals surface area contributed by atoms with Crippen molar-refractivity contribution in [3.05, 3.63) is 48.2 Å². The lowest BCUT2D eigenvalue weighted by Crippen LogP contribution is -2.37. The van der Waals surface area contributed by atoms with E-state index in [-0.39, 0.29) is 0 Å². The van der Waals surface area contributed by atoms with Crippen LogP contribution in [0.2, 0.25) is 0 Å². The Balaban J connectivity index is 1.48. The highest BCUT2D eigenvalue weighted by Gasteiger charge is 2.14. The summed E-state index contributed by atoms with van der Waals surface area (Å²) >= 11 is 0. The minimum Gasteiger partial charge on any atom is -0.378 e. The Morgan fingerprint density at radius 3 is 2.69 bits per heavy atom. The summed E-state index contributed by atoms with van der Waals surface area (Å²) in [6.45, 7) is 5.12. The molecule has 1 aromatic carbocycles. The highest BCUT2D eigenvalue weighted by Crippen LogP contribution is 2.24. The standard InChI is InChI=1S/C19H21N5O2/c1-2-14-3-5-15(6-4-14)16-13-18(26-23-16)21-17-7-8-20-19(22-17)24-9-11-25-12-10-24/h3-8,13H,2,9-12H2,1H3,(H,20,21,22). The van der Waals surface area contributed by atoms with E-state index in [1.54, 1.807) is 6.20 Å². The number of rotatable bonds is 5. The molecule has 1 saturated heterocycles. The Morgan fingerprint density at radius 2 is 1.92 bits per heavy atom. The third-order valence-corrected chi connectivity index (χ3v) is 4.36. The van der Waals surface area contributed by atoms with Gasteiger partial charge in [-0.2, -0.15) is 4.98 Å². The van der Waals surface area contributed by atoms with Crippen molar-refractivity contribution in [3.8, 4) is 11.3 Å². The molecule has 134 valence electrons. The Hall–Kier alpha value is -2.93. The number of benzene rings is 1. The normalized spacial score (nSPS) is 14.4. The lowest BCUT2D eigenvalue weighted by molar-refractivity contribution is 0.122. The van der Waals surface area contributed by atoms with E-state index in [1.165, 1.54) is 5.56 Å². The molecule has 0 atom stereocenters. The molecule has 0 saturated carbocycles. The van der Waals surface area contributed by atoms with Crippen molar-refractivity contribution in [2.45, 2.75) is 13.3 Å². The van der Waals surface area contributed by atoms with Gasteiger partial charge >= 0.3 is 0 Å². The van der Waals surface area contributed by atoms with Crippen LogP contribution in [0, 0.1) is 0 Å². The molecule has 1 aliphatic rings. The van der Waals surface area contributed by atoms with E-state index in [1.807, 2.05) is 12.1 Å². The van der Waals surface area contributed by atoms with Crippen molar-refractivity contribution in [2.24, 2.45) is 0 Å². The number of nitrogens with one attached hydrogen (secondary N) is 1. The molecule has 2 aromatic heterocycles. The summed E-state index contributed by atoms with van der Waals surface area (Å²) in [7, 11) is 0. The molecule has 3 aromatic rings. The number of aryl methyl sites for hydroxylation is 1. The zero-order valence-corrected chi connectivity index (χ0v) is 14.7. The first-order valence-corrected chi connectivity index (χ1v) is 8.80. The second kappa shape index (κ2) is 7.53. The molecule has 0 amide bonds. The quantitative estimate of drug-likeness (QED) is 0.756. The molecule has 1 N–H and O–H groups in total. The van der Waals surface area contributed by atoms with Crippen LogP contribution in [0.4, 0.5) is 17.7 Å². The Kier molecular flexibility index (Phi) is 4.79. The maximum absolute atomic E-state index is 5.41. The summed E-state index contributed by atoms with van der Waals surface area (Å²) in [5.41, 5.74) is 3.11. The molecular formula is C19H21N5O2. The van der Waals surface area contributed by atoms with Crippen molar-refractivity contribution < 1.29 is 9.26 Å². The zero-order valence-electron chi connectivity index (χ0n) is 14.7. The van der Waals surface area contributed by atoms with Gasteiger partial charge in [0.05, 0.1) is 13.2 Å². The van der Waals surface area contributed by atoms with Gasteiger partial charge in [0.2, 0.25) is 11.8 Å². The van der Waals surface area contributed by atoms with E-state index in [9.17, 15) is 0 Å². The third kappa shape index (κ3) is 3.67. The van der Waals surface area contributed by atoms with Crippen molar-refractivity contribution in [3.63, 3.8) is 0 Å². The van der Waals surface area contributed by atoms with Gasteiger partial charge < -0.3 is 19.5 Å². The van der Waals surface area contributed by atoms with Gasteiger partial charge in [0.15, 0.2) is 0 Å². The lowest BCUT2D eigenvalue weighted by Gasteiger charge is -2.26. The minimum absolute atomic E-state index is 0.547. The molecule has 1 fully saturated rings. The molecule has 3 heterocycles. The molecule has 0 bridgehead atoms. The number of aromatic nitrogens is 3. The first-order valence-electron chi connectivity index (χ1n) is 8.80. The highest BCUT2D eigenvalue weighted by atomic mass is 16.5. The fraction of sp³-hybridized carbons (Fsp3) is 0.316. The van der Waals surface area contributed by atoms with Crippen LogP contribution >= 0.6 is 0 Å². The van der Waals surface area contributed by atoms with Gasteiger partial charge in [-0.05, 0) is 18.1 Å². The Labute approximate surface area is 152 Å². The van der Waals surface area contributed by atoms with Crippen LogP contribution in [-0.2, 0) is 11.2 Å². The van der Waals surface area contributed by atoms with E-state index >= 15 is 0 Å². The first-order chi connectivity index (χ1) is 12.8. The molecule has 4 rings (SSSR count). The average molecular weight is 351 g/mol. The second-order valence-electron chi connectivity index (χ2n) is 6.09. The van der Waals surface area contributed by atoms with Crippen LogP contribution in [0.3, 0.4) is 0 Å². The number of nitrogens with zero attached hydrogens (tertiary/aromatic N) is 4. The topological polar surface area (TPSA) is 76.3 Å². The predicted octanol–water partition coefficient (Wildman–Crippen LogP) is 3.27. The lowest BCUT2D eigenvalue weighted by atomic mass is 10.1. The van der Waals surface area contributed by atoms with Crippen molar-refractivity contribution >= 4 is 17.7 Å². The van der Waals surface area contributed by atoms with Crippen LogP contribution in [0.15, 0.2) is 47.1 Å². The molecule has 26 heavy (non-hydrogen) atoms. The van der Waals surface area contributed by atoms with E-state index in [0.29, 0.717) is 30.9 Å². The van der Waals surface area contributed by atoms with E-state index in [0.717, 1.165) is 30.8 Å². The van der Waals surface area contributed by atoms with Crippen molar-refractivity contribution in [1.29, 1.82) is 0 Å². The van der Waals surface area contributed by atoms with Crippen LogP contribution in [0.1, 0.15) is 12.5 Å².